The Morgan fingerprint density at radius 1 is 1.31 bits per heavy atom. The van der Waals surface area contributed by atoms with Gasteiger partial charge in [-0.05, 0) is 37.1 Å². The lowest BCUT2D eigenvalue weighted by Crippen LogP contribution is -2.38. The second kappa shape index (κ2) is 6.86. The number of ether oxygens (including phenoxy) is 2. The van der Waals surface area contributed by atoms with Crippen molar-refractivity contribution in [1.82, 2.24) is 0 Å². The summed E-state index contributed by atoms with van der Waals surface area (Å²) in [5.74, 6) is 0.614. The minimum atomic E-state index is -3.08. The summed E-state index contributed by atoms with van der Waals surface area (Å²) in [7, 11) is -1.49. The number of carbonyl (C=O) groups is 1. The number of anilines is 1. The summed E-state index contributed by atoms with van der Waals surface area (Å²) in [5, 5.41) is 0.443. The quantitative estimate of drug-likeness (QED) is 0.765. The number of carbonyl (C=O) groups excluding carboxylic acids is 1. The standard InChI is InChI=1S/C17H20N2O5S2/c1-23-12-6-4-11(5-7-12)19-13-9-26(21,22)10-15(13)25-17(19)18-16(20)14-3-2-8-24-14/h4-7,13-15H,2-3,8-10H2,1H3/t13-,14-,15-/m0/s1. The fourth-order valence-corrected chi connectivity index (χ4v) is 7.47. The summed E-state index contributed by atoms with van der Waals surface area (Å²) in [6.45, 7) is 0.583. The molecule has 0 saturated carbocycles. The minimum absolute atomic E-state index is 0.0732. The molecular formula is C17H20N2O5S2. The van der Waals surface area contributed by atoms with Crippen LogP contribution in [0, 0.1) is 0 Å². The van der Waals surface area contributed by atoms with Crippen molar-refractivity contribution in [3.05, 3.63) is 24.3 Å². The zero-order valence-corrected chi connectivity index (χ0v) is 16.0. The van der Waals surface area contributed by atoms with E-state index in [0.29, 0.717) is 23.9 Å². The number of sulfone groups is 1. The Balaban J connectivity index is 1.67. The first-order valence-electron chi connectivity index (χ1n) is 8.51. The van der Waals surface area contributed by atoms with E-state index in [2.05, 4.69) is 4.99 Å². The van der Waals surface area contributed by atoms with E-state index in [1.165, 1.54) is 11.8 Å². The number of thioether (sulfide) groups is 1. The highest BCUT2D eigenvalue weighted by molar-refractivity contribution is 8.16. The number of hydrogen-bond acceptors (Lipinski definition) is 6. The number of fused-ring (bicyclic) bond motifs is 1. The van der Waals surface area contributed by atoms with Gasteiger partial charge in [0.1, 0.15) is 11.9 Å². The van der Waals surface area contributed by atoms with Gasteiger partial charge in [0.05, 0.1) is 24.7 Å². The van der Waals surface area contributed by atoms with Crippen LogP contribution in [0.25, 0.3) is 0 Å². The molecule has 4 rings (SSSR count). The first-order valence-corrected chi connectivity index (χ1v) is 11.2. The van der Waals surface area contributed by atoms with Gasteiger partial charge in [-0.2, -0.15) is 4.99 Å². The summed E-state index contributed by atoms with van der Waals surface area (Å²) >= 11 is 1.37. The van der Waals surface area contributed by atoms with E-state index in [1.807, 2.05) is 29.2 Å². The van der Waals surface area contributed by atoms with E-state index in [1.54, 1.807) is 7.11 Å². The number of nitrogens with zero attached hydrogens (tertiary/aromatic N) is 2. The Morgan fingerprint density at radius 3 is 2.73 bits per heavy atom. The highest BCUT2D eigenvalue weighted by Gasteiger charge is 2.49. The number of hydrogen-bond donors (Lipinski definition) is 0. The topological polar surface area (TPSA) is 85.3 Å². The van der Waals surface area contributed by atoms with E-state index in [9.17, 15) is 13.2 Å². The van der Waals surface area contributed by atoms with Crippen molar-refractivity contribution in [2.45, 2.75) is 30.2 Å². The summed E-state index contributed by atoms with van der Waals surface area (Å²) in [6.07, 6.45) is 1.06. The summed E-state index contributed by atoms with van der Waals surface area (Å²) < 4.78 is 34.8. The van der Waals surface area contributed by atoms with E-state index >= 15 is 0 Å². The zero-order chi connectivity index (χ0) is 18.3. The molecule has 0 aliphatic carbocycles. The SMILES string of the molecule is COc1ccc(N2C(=NC(=O)[C@@H]3CCCO3)S[C@H]3CS(=O)(=O)C[C@@H]32)cc1. The average molecular weight is 396 g/mol. The normalized spacial score (nSPS) is 31.3. The van der Waals surface area contributed by atoms with Crippen LogP contribution in [0.3, 0.4) is 0 Å². The minimum Gasteiger partial charge on any atom is -0.497 e. The molecule has 3 fully saturated rings. The molecule has 9 heteroatoms. The molecular weight excluding hydrogens is 376 g/mol. The van der Waals surface area contributed by atoms with Gasteiger partial charge in [-0.3, -0.25) is 4.79 Å². The third-order valence-corrected chi connectivity index (χ3v) is 8.04. The van der Waals surface area contributed by atoms with Crippen molar-refractivity contribution in [1.29, 1.82) is 0 Å². The number of aliphatic imine (C=N–C) groups is 1. The molecule has 1 amide bonds. The second-order valence-electron chi connectivity index (χ2n) is 6.60. The molecule has 3 atom stereocenters. The molecule has 140 valence electrons. The lowest BCUT2D eigenvalue weighted by Gasteiger charge is -2.24. The summed E-state index contributed by atoms with van der Waals surface area (Å²) in [5.41, 5.74) is 0.807. The van der Waals surface area contributed by atoms with Gasteiger partial charge in [0.2, 0.25) is 0 Å². The van der Waals surface area contributed by atoms with Gasteiger partial charge >= 0.3 is 0 Å². The fourth-order valence-electron chi connectivity index (χ4n) is 3.55. The van der Waals surface area contributed by atoms with E-state index in [-0.39, 0.29) is 28.7 Å². The number of amides is 1. The first-order chi connectivity index (χ1) is 12.5. The molecule has 0 N–H and O–H groups in total. The lowest BCUT2D eigenvalue weighted by atomic mass is 10.2. The van der Waals surface area contributed by atoms with Gasteiger partial charge in [-0.25, -0.2) is 8.42 Å². The molecule has 0 unspecified atom stereocenters. The number of amidine groups is 1. The van der Waals surface area contributed by atoms with Crippen LogP contribution in [-0.2, 0) is 19.4 Å². The van der Waals surface area contributed by atoms with Crippen molar-refractivity contribution in [2.24, 2.45) is 4.99 Å². The van der Waals surface area contributed by atoms with Gasteiger partial charge < -0.3 is 14.4 Å². The Morgan fingerprint density at radius 2 is 2.08 bits per heavy atom. The molecule has 3 heterocycles. The van der Waals surface area contributed by atoms with Crippen LogP contribution < -0.4 is 9.64 Å². The third-order valence-electron chi connectivity index (χ3n) is 4.83. The molecule has 0 bridgehead atoms. The average Bonchev–Trinajstić information content (AvgIpc) is 3.30. The summed E-state index contributed by atoms with van der Waals surface area (Å²) in [6, 6.07) is 7.14. The van der Waals surface area contributed by atoms with Crippen LogP contribution in [0.15, 0.2) is 29.3 Å². The maximum absolute atomic E-state index is 12.4. The van der Waals surface area contributed by atoms with Crippen LogP contribution in [0.2, 0.25) is 0 Å². The van der Waals surface area contributed by atoms with Crippen LogP contribution in [0.5, 0.6) is 5.75 Å². The van der Waals surface area contributed by atoms with Gasteiger partial charge in [-0.15, -0.1) is 0 Å². The second-order valence-corrected chi connectivity index (χ2v) is 9.96. The zero-order valence-electron chi connectivity index (χ0n) is 14.3. The van der Waals surface area contributed by atoms with Crippen LogP contribution in [0.1, 0.15) is 12.8 Å². The monoisotopic (exact) mass is 396 g/mol. The van der Waals surface area contributed by atoms with Gasteiger partial charge in [0.25, 0.3) is 5.91 Å². The van der Waals surface area contributed by atoms with Gasteiger partial charge in [0.15, 0.2) is 15.0 Å². The summed E-state index contributed by atoms with van der Waals surface area (Å²) in [4.78, 5) is 18.6. The lowest BCUT2D eigenvalue weighted by molar-refractivity contribution is -0.126. The maximum atomic E-state index is 12.4. The van der Waals surface area contributed by atoms with Crippen molar-refractivity contribution in [3.8, 4) is 5.75 Å². The Kier molecular flexibility index (Phi) is 4.70. The van der Waals surface area contributed by atoms with Crippen molar-refractivity contribution in [2.75, 3.05) is 30.1 Å². The third kappa shape index (κ3) is 3.35. The molecule has 7 nitrogen and oxygen atoms in total. The van der Waals surface area contributed by atoms with Gasteiger partial charge in [0, 0.05) is 17.5 Å². The van der Waals surface area contributed by atoms with E-state index < -0.39 is 15.9 Å². The van der Waals surface area contributed by atoms with Gasteiger partial charge in [-0.1, -0.05) is 11.8 Å². The van der Waals surface area contributed by atoms with Crippen molar-refractivity contribution < 1.29 is 22.7 Å². The number of methoxy groups -OCH3 is 1. The fraction of sp³-hybridized carbons (Fsp3) is 0.529. The van der Waals surface area contributed by atoms with Crippen molar-refractivity contribution in [3.63, 3.8) is 0 Å². The smallest absolute Gasteiger partial charge is 0.277 e. The molecule has 1 aromatic rings. The molecule has 0 aromatic heterocycles. The number of benzene rings is 1. The predicted octanol–water partition coefficient (Wildman–Crippen LogP) is 1.48. The molecule has 3 aliphatic rings. The van der Waals surface area contributed by atoms with Crippen molar-refractivity contribution >= 4 is 38.4 Å². The predicted molar refractivity (Wildman–Crippen MR) is 101 cm³/mol. The molecule has 3 aliphatic heterocycles. The molecule has 0 radical (unpaired) electrons. The number of rotatable bonds is 3. The molecule has 26 heavy (non-hydrogen) atoms. The largest absolute Gasteiger partial charge is 0.497 e. The Labute approximate surface area is 156 Å². The Hall–Kier alpha value is -1.58. The molecule has 1 aromatic carbocycles. The van der Waals surface area contributed by atoms with Crippen LogP contribution in [0.4, 0.5) is 5.69 Å². The Bertz CT molecular complexity index is 831. The van der Waals surface area contributed by atoms with Crippen LogP contribution >= 0.6 is 11.8 Å². The van der Waals surface area contributed by atoms with E-state index in [4.69, 9.17) is 9.47 Å². The highest BCUT2D eigenvalue weighted by atomic mass is 32.2. The van der Waals surface area contributed by atoms with E-state index in [0.717, 1.165) is 12.1 Å². The first kappa shape index (κ1) is 17.8. The molecule has 3 saturated heterocycles. The highest BCUT2D eigenvalue weighted by Crippen LogP contribution is 2.41. The van der Waals surface area contributed by atoms with Crippen LogP contribution in [-0.4, -0.2) is 62.1 Å². The molecule has 0 spiro atoms. The maximum Gasteiger partial charge on any atom is 0.277 e.